The molecule has 2 aromatic carbocycles. The summed E-state index contributed by atoms with van der Waals surface area (Å²) in [4.78, 5) is 85.9. The monoisotopic (exact) mass is 1290 g/mol. The van der Waals surface area contributed by atoms with Crippen LogP contribution in [0.3, 0.4) is 0 Å². The number of carbonyl (C=O) groups is 5. The first-order valence-corrected chi connectivity index (χ1v) is 32.2. The number of pyridine rings is 2. The van der Waals surface area contributed by atoms with Crippen molar-refractivity contribution < 1.29 is 85.6 Å². The molecular weight excluding hydrogens is 1200 g/mol. The zero-order valence-electron chi connectivity index (χ0n) is 53.9. The Kier molecular flexibility index (Phi) is 30.1. The van der Waals surface area contributed by atoms with Crippen molar-refractivity contribution in [3.8, 4) is 11.4 Å². The maximum atomic E-state index is 15.5. The highest BCUT2D eigenvalue weighted by atomic mass is 19.1. The van der Waals surface area contributed by atoms with Crippen molar-refractivity contribution in [1.82, 2.24) is 25.5 Å². The molecule has 0 radical (unpaired) electrons. The quantitative estimate of drug-likeness (QED) is 0.0208. The van der Waals surface area contributed by atoms with Gasteiger partial charge < -0.3 is 88.8 Å². The largest absolute Gasteiger partial charge is 0.458 e. The van der Waals surface area contributed by atoms with Gasteiger partial charge in [0.05, 0.1) is 147 Å². The van der Waals surface area contributed by atoms with E-state index in [1.165, 1.54) is 10.6 Å². The number of halogens is 1. The number of rotatable bonds is 44. The van der Waals surface area contributed by atoms with Gasteiger partial charge in [-0.3, -0.25) is 19.2 Å². The molecule has 0 saturated heterocycles. The van der Waals surface area contributed by atoms with E-state index in [4.69, 9.17) is 62.8 Å². The van der Waals surface area contributed by atoms with Gasteiger partial charge in [-0.15, -0.1) is 0 Å². The number of esters is 1. The zero-order chi connectivity index (χ0) is 65.8. The lowest BCUT2D eigenvalue weighted by Gasteiger charge is -2.31. The van der Waals surface area contributed by atoms with Crippen LogP contribution in [0, 0.1) is 18.7 Å². The Balaban J connectivity index is 0.773. The molecule has 7 N–H and O–H groups in total. The van der Waals surface area contributed by atoms with Crippen molar-refractivity contribution in [3.05, 3.63) is 91.5 Å². The smallest absolute Gasteiger partial charge is 0.407 e. The SMILES string of the molecule is CCCCOCCOCCOCCOCCOCCOCCOCCOCCOCCC(=O)N[C@H](C(=O)N[C@@H](CCCCN)C(=O)Nc1ccc(COC(=O)N[C@H]2CCc3c(C)c(F)cc4nc5c(c2c34)Cn2c-5cc3c(c2=O)COC(=O)[C@]3(O)CC)cc1)C(C)C. The average molecular weight is 1290 g/mol. The second kappa shape index (κ2) is 38.0. The Bertz CT molecular complexity index is 3110. The van der Waals surface area contributed by atoms with E-state index in [-0.39, 0.29) is 69.3 Å². The van der Waals surface area contributed by atoms with Crippen LogP contribution in [0.1, 0.15) is 124 Å². The van der Waals surface area contributed by atoms with Crippen LogP contribution in [0.2, 0.25) is 0 Å². The third-order valence-electron chi connectivity index (χ3n) is 16.2. The number of nitrogens with zero attached hydrogens (tertiary/aromatic N) is 2. The molecule has 4 atom stereocenters. The third-order valence-corrected chi connectivity index (χ3v) is 16.2. The minimum Gasteiger partial charge on any atom is -0.458 e. The predicted octanol–water partition coefficient (Wildman–Crippen LogP) is 5.47. The number of nitrogens with one attached hydrogen (secondary N) is 4. The van der Waals surface area contributed by atoms with Crippen LogP contribution in [0.5, 0.6) is 0 Å². The number of alkyl carbamates (subject to hydrolysis) is 1. The van der Waals surface area contributed by atoms with E-state index in [0.29, 0.717) is 182 Å². The second-order valence-electron chi connectivity index (χ2n) is 23.1. The first-order valence-electron chi connectivity index (χ1n) is 32.2. The Hall–Kier alpha value is -6.56. The number of cyclic esters (lactones) is 1. The molecule has 1 aliphatic carbocycles. The van der Waals surface area contributed by atoms with Gasteiger partial charge in [0.25, 0.3) is 5.56 Å². The summed E-state index contributed by atoms with van der Waals surface area (Å²) in [5, 5.41) is 23.6. The van der Waals surface area contributed by atoms with Gasteiger partial charge in [-0.2, -0.15) is 0 Å². The number of amides is 4. The van der Waals surface area contributed by atoms with Crippen molar-refractivity contribution in [2.75, 3.05) is 131 Å². The highest BCUT2D eigenvalue weighted by Crippen LogP contribution is 2.46. The first kappa shape index (κ1) is 72.9. The van der Waals surface area contributed by atoms with E-state index in [1.54, 1.807) is 58.0 Å². The summed E-state index contributed by atoms with van der Waals surface area (Å²) in [6.45, 7) is 17.1. The van der Waals surface area contributed by atoms with Gasteiger partial charge in [0.2, 0.25) is 17.7 Å². The Morgan fingerprint density at radius 1 is 0.750 bits per heavy atom. The van der Waals surface area contributed by atoms with Crippen molar-refractivity contribution in [2.24, 2.45) is 11.7 Å². The van der Waals surface area contributed by atoms with Crippen LogP contribution in [0.15, 0.2) is 41.2 Å². The molecule has 2 aliphatic heterocycles. The van der Waals surface area contributed by atoms with Crippen molar-refractivity contribution in [1.29, 1.82) is 0 Å². The molecule has 25 nitrogen and oxygen atoms in total. The molecule has 508 valence electrons. The number of anilines is 1. The van der Waals surface area contributed by atoms with E-state index in [1.807, 2.05) is 0 Å². The number of aliphatic hydroxyl groups is 1. The normalized spacial score (nSPS) is 16.2. The fourth-order valence-electron chi connectivity index (χ4n) is 11.0. The molecule has 3 aliphatic rings. The van der Waals surface area contributed by atoms with Crippen LogP contribution in [0.4, 0.5) is 14.9 Å². The Morgan fingerprint density at radius 3 is 1.88 bits per heavy atom. The first-order chi connectivity index (χ1) is 44.6. The summed E-state index contributed by atoms with van der Waals surface area (Å²) >= 11 is 0. The summed E-state index contributed by atoms with van der Waals surface area (Å²) in [6.07, 6.45) is 3.70. The summed E-state index contributed by atoms with van der Waals surface area (Å²) in [5.41, 5.74) is 8.24. The molecule has 7 rings (SSSR count). The van der Waals surface area contributed by atoms with E-state index in [0.717, 1.165) is 25.0 Å². The lowest BCUT2D eigenvalue weighted by Crippen LogP contribution is -2.54. The Labute approximate surface area is 536 Å². The molecular formula is C66H94FN7O18. The predicted molar refractivity (Wildman–Crippen MR) is 337 cm³/mol. The van der Waals surface area contributed by atoms with Crippen LogP contribution in [0.25, 0.3) is 22.3 Å². The molecule has 92 heavy (non-hydrogen) atoms. The molecule has 0 saturated carbocycles. The van der Waals surface area contributed by atoms with Gasteiger partial charge in [-0.1, -0.05) is 46.2 Å². The molecule has 0 unspecified atom stereocenters. The minimum atomic E-state index is -2.04. The fourth-order valence-corrected chi connectivity index (χ4v) is 11.0. The summed E-state index contributed by atoms with van der Waals surface area (Å²) in [7, 11) is 0. The van der Waals surface area contributed by atoms with Gasteiger partial charge in [-0.25, -0.2) is 19.0 Å². The number of fused-ring (bicyclic) bond motifs is 5. The number of unbranched alkanes of at least 4 members (excludes halogenated alkanes) is 2. The van der Waals surface area contributed by atoms with E-state index in [9.17, 15) is 33.9 Å². The zero-order valence-corrected chi connectivity index (χ0v) is 53.9. The summed E-state index contributed by atoms with van der Waals surface area (Å²) in [6, 6.07) is 7.09. The van der Waals surface area contributed by atoms with E-state index >= 15 is 4.39 Å². The standard InChI is InChI=1S/C66H94FN7O18/c1-6-8-20-82-22-24-84-26-28-86-30-32-88-34-36-90-37-35-89-33-31-87-29-27-85-25-23-83-21-18-56(75)73-59(43(3)4)62(77)71-53(11-9-10-19-68)61(76)69-46-14-12-45(13-15-46)41-92-65(80)72-52-17-16-47-44(5)51(67)39-54-57(47)58(52)48-40-74-55(60(48)70-54)38-50-49(63(74)78)42-91-64(79)66(50,81)7-2/h12-15,38-39,43,52-53,59,81H,6-11,16-37,40-42,68H2,1-5H3,(H,69,76)(H,71,77)(H,72,80)(H,73,75)/t52-,53-,59-,66-/m0/s1. The highest BCUT2D eigenvalue weighted by molar-refractivity contribution is 5.98. The molecule has 26 heteroatoms. The number of nitrogens with two attached hydrogens (primary N) is 1. The van der Waals surface area contributed by atoms with E-state index < -0.39 is 64.9 Å². The van der Waals surface area contributed by atoms with Gasteiger partial charge in [0.15, 0.2) is 5.60 Å². The number of aryl methyl sites for hydroxylation is 1. The molecule has 0 spiro atoms. The number of hydrogen-bond acceptors (Lipinski definition) is 20. The second-order valence-corrected chi connectivity index (χ2v) is 23.1. The van der Waals surface area contributed by atoms with E-state index in [2.05, 4.69) is 28.2 Å². The van der Waals surface area contributed by atoms with Crippen molar-refractivity contribution in [2.45, 2.75) is 136 Å². The fraction of sp³-hybridized carbons (Fsp3) is 0.621. The number of carbonyl (C=O) groups excluding carboxylic acids is 5. The maximum Gasteiger partial charge on any atom is 0.407 e. The molecule has 2 aromatic heterocycles. The topological polar surface area (TPSA) is 316 Å². The third kappa shape index (κ3) is 20.7. The van der Waals surface area contributed by atoms with Crippen LogP contribution >= 0.6 is 0 Å². The molecule has 4 aromatic rings. The molecule has 0 bridgehead atoms. The summed E-state index contributed by atoms with van der Waals surface area (Å²) < 4.78 is 77.6. The van der Waals surface area contributed by atoms with Crippen molar-refractivity contribution in [3.63, 3.8) is 0 Å². The molecule has 4 amide bonds. The lowest BCUT2D eigenvalue weighted by molar-refractivity contribution is -0.172. The average Bonchev–Trinajstić information content (AvgIpc) is 1.48. The summed E-state index contributed by atoms with van der Waals surface area (Å²) in [5.74, 6) is -2.99. The van der Waals surface area contributed by atoms with Gasteiger partial charge in [0, 0.05) is 41.3 Å². The number of benzene rings is 2. The Morgan fingerprint density at radius 2 is 1.33 bits per heavy atom. The van der Waals surface area contributed by atoms with Crippen LogP contribution in [-0.4, -0.2) is 182 Å². The molecule has 4 heterocycles. The van der Waals surface area contributed by atoms with Crippen LogP contribution in [-0.2, 0) is 103 Å². The van der Waals surface area contributed by atoms with Gasteiger partial charge in [-0.05, 0) is 105 Å². The number of ether oxygens (including phenoxy) is 11. The van der Waals surface area contributed by atoms with Crippen molar-refractivity contribution >= 4 is 46.4 Å². The van der Waals surface area contributed by atoms with Gasteiger partial charge >= 0.3 is 12.1 Å². The lowest BCUT2D eigenvalue weighted by atomic mass is 9.81. The number of aromatic nitrogens is 2. The highest BCUT2D eigenvalue weighted by Gasteiger charge is 2.46. The minimum absolute atomic E-state index is 0.000594. The number of hydrogen-bond donors (Lipinski definition) is 6. The van der Waals surface area contributed by atoms with Crippen LogP contribution < -0.4 is 32.6 Å². The van der Waals surface area contributed by atoms with Gasteiger partial charge in [0.1, 0.15) is 31.1 Å². The maximum absolute atomic E-state index is 15.5. The molecule has 0 fully saturated rings.